The summed E-state index contributed by atoms with van der Waals surface area (Å²) in [5, 5.41) is 2.87. The van der Waals surface area contributed by atoms with Crippen molar-refractivity contribution < 1.29 is 18.8 Å². The first-order chi connectivity index (χ1) is 17.1. The van der Waals surface area contributed by atoms with Crippen LogP contribution in [-0.4, -0.2) is 53.3 Å². The highest BCUT2D eigenvalue weighted by atomic mass is 19.1. The maximum Gasteiger partial charge on any atom is 0.302 e. The monoisotopic (exact) mass is 487 g/mol. The topological polar surface area (TPSA) is 78.4 Å². The molecule has 2 aliphatic heterocycles. The zero-order valence-electron chi connectivity index (χ0n) is 20.3. The molecule has 8 nitrogen and oxygen atoms in total. The van der Waals surface area contributed by atoms with Crippen LogP contribution >= 0.6 is 0 Å². The number of anilines is 1. The van der Waals surface area contributed by atoms with E-state index in [1.165, 1.54) is 29.0 Å². The van der Waals surface area contributed by atoms with Gasteiger partial charge in [-0.2, -0.15) is 0 Å². The lowest BCUT2D eigenvalue weighted by Gasteiger charge is -2.32. The molecule has 1 saturated heterocycles. The van der Waals surface area contributed by atoms with Crippen LogP contribution in [0.5, 0.6) is 0 Å². The van der Waals surface area contributed by atoms with E-state index in [9.17, 15) is 18.8 Å². The van der Waals surface area contributed by atoms with Gasteiger partial charge in [-0.05, 0) is 30.0 Å². The molecule has 3 atom stereocenters. The Morgan fingerprint density at radius 1 is 1.25 bits per heavy atom. The number of para-hydroxylation sites is 1. The standard InChI is InChI=1S/C27H26FN5O3/c1-16(2)12-22(32(5)24(34)17-10-11-21(29-3)19(28)13-17)25(35)33-15-27(14-23(33)30-4)18-8-6-7-9-20(18)31-26(27)36/h6-11,13,16,22-23H,12,14-15H2,1-2,5H3,(H,31,36)/t22-,23-,27-/m0/s1. The van der Waals surface area contributed by atoms with Gasteiger partial charge >= 0.3 is 6.17 Å². The number of carbonyl (C=O) groups is 3. The van der Waals surface area contributed by atoms with Gasteiger partial charge in [-0.3, -0.25) is 24.1 Å². The van der Waals surface area contributed by atoms with Crippen LogP contribution < -0.4 is 5.32 Å². The summed E-state index contributed by atoms with van der Waals surface area (Å²) in [6, 6.07) is 9.95. The molecule has 0 aliphatic carbocycles. The summed E-state index contributed by atoms with van der Waals surface area (Å²) in [6.07, 6.45) is -0.371. The lowest BCUT2D eigenvalue weighted by Crippen LogP contribution is -2.51. The van der Waals surface area contributed by atoms with Crippen LogP contribution in [0.3, 0.4) is 0 Å². The van der Waals surface area contributed by atoms with Crippen LogP contribution in [0.4, 0.5) is 15.8 Å². The van der Waals surface area contributed by atoms with Crippen molar-refractivity contribution in [3.05, 3.63) is 82.2 Å². The Labute approximate surface area is 209 Å². The molecular formula is C27H26FN5O3. The highest BCUT2D eigenvalue weighted by Gasteiger charge is 2.59. The summed E-state index contributed by atoms with van der Waals surface area (Å²) < 4.78 is 14.2. The number of carbonyl (C=O) groups excluding carboxylic acids is 3. The van der Waals surface area contributed by atoms with Crippen molar-refractivity contribution in [3.8, 4) is 0 Å². The number of nitrogens with zero attached hydrogens (tertiary/aromatic N) is 4. The number of halogens is 1. The Morgan fingerprint density at radius 2 is 1.97 bits per heavy atom. The number of nitrogens with one attached hydrogen (secondary N) is 1. The van der Waals surface area contributed by atoms with Crippen molar-refractivity contribution in [2.75, 3.05) is 18.9 Å². The first kappa shape index (κ1) is 24.9. The van der Waals surface area contributed by atoms with Crippen molar-refractivity contribution in [2.24, 2.45) is 5.92 Å². The summed E-state index contributed by atoms with van der Waals surface area (Å²) in [6.45, 7) is 18.6. The highest BCUT2D eigenvalue weighted by molar-refractivity contribution is 6.07. The van der Waals surface area contributed by atoms with Gasteiger partial charge in [0.15, 0.2) is 0 Å². The lowest BCUT2D eigenvalue weighted by atomic mass is 9.80. The Kier molecular flexibility index (Phi) is 6.51. The number of fused-ring (bicyclic) bond motifs is 2. The minimum absolute atomic E-state index is 0.0210. The number of likely N-dealkylation sites (tertiary alicyclic amines) is 1. The second-order valence-corrected chi connectivity index (χ2v) is 9.70. The third kappa shape index (κ3) is 4.07. The van der Waals surface area contributed by atoms with Crippen molar-refractivity contribution in [1.29, 1.82) is 0 Å². The molecule has 0 radical (unpaired) electrons. The van der Waals surface area contributed by atoms with Gasteiger partial charge in [0.25, 0.3) is 11.8 Å². The first-order valence-corrected chi connectivity index (χ1v) is 11.6. The summed E-state index contributed by atoms with van der Waals surface area (Å²) in [7, 11) is 1.48. The normalized spacial score (nSPS) is 21.0. The minimum atomic E-state index is -1.02. The molecule has 3 amide bonds. The molecule has 184 valence electrons. The number of likely N-dealkylation sites (N-methyl/N-ethyl adjacent to an activating group) is 1. The third-order valence-electron chi connectivity index (χ3n) is 6.97. The predicted molar refractivity (Wildman–Crippen MR) is 131 cm³/mol. The average molecular weight is 488 g/mol. The molecule has 0 bridgehead atoms. The molecule has 36 heavy (non-hydrogen) atoms. The Balaban J connectivity index is 1.65. The molecule has 0 aromatic heterocycles. The van der Waals surface area contributed by atoms with E-state index in [0.29, 0.717) is 12.1 Å². The maximum atomic E-state index is 14.2. The fourth-order valence-corrected chi connectivity index (χ4v) is 5.09. The average Bonchev–Trinajstić information content (AvgIpc) is 3.39. The summed E-state index contributed by atoms with van der Waals surface area (Å²) in [4.78, 5) is 49.6. The van der Waals surface area contributed by atoms with Crippen LogP contribution in [0.25, 0.3) is 9.69 Å². The van der Waals surface area contributed by atoms with Gasteiger partial charge in [-0.15, -0.1) is 0 Å². The second-order valence-electron chi connectivity index (χ2n) is 9.70. The van der Waals surface area contributed by atoms with Gasteiger partial charge in [0.2, 0.25) is 11.6 Å². The number of amides is 3. The molecule has 0 unspecified atom stereocenters. The summed E-state index contributed by atoms with van der Waals surface area (Å²) >= 11 is 0. The van der Waals surface area contributed by atoms with E-state index in [1.54, 1.807) is 6.07 Å². The van der Waals surface area contributed by atoms with Gasteiger partial charge in [-0.25, -0.2) is 15.8 Å². The number of hydrogen-bond acceptors (Lipinski definition) is 3. The Hall–Kier alpha value is -4.24. The van der Waals surface area contributed by atoms with Crippen molar-refractivity contribution >= 4 is 29.1 Å². The number of benzene rings is 2. The molecule has 2 aliphatic rings. The van der Waals surface area contributed by atoms with Gasteiger partial charge in [-0.1, -0.05) is 44.2 Å². The van der Waals surface area contributed by atoms with Crippen LogP contribution in [0.1, 0.15) is 42.6 Å². The van der Waals surface area contributed by atoms with E-state index < -0.39 is 35.3 Å². The van der Waals surface area contributed by atoms with E-state index in [4.69, 9.17) is 13.1 Å². The third-order valence-corrected chi connectivity index (χ3v) is 6.97. The smallest absolute Gasteiger partial charge is 0.302 e. The van der Waals surface area contributed by atoms with Crippen LogP contribution in [0.2, 0.25) is 0 Å². The molecule has 2 heterocycles. The van der Waals surface area contributed by atoms with E-state index in [1.807, 2.05) is 32.0 Å². The van der Waals surface area contributed by atoms with Gasteiger partial charge in [0.1, 0.15) is 17.3 Å². The molecule has 9 heteroatoms. The van der Waals surface area contributed by atoms with Crippen molar-refractivity contribution in [1.82, 2.24) is 9.80 Å². The Bertz CT molecular complexity index is 1330. The zero-order valence-corrected chi connectivity index (χ0v) is 20.3. The quantitative estimate of drug-likeness (QED) is 0.641. The first-order valence-electron chi connectivity index (χ1n) is 11.6. The second kappa shape index (κ2) is 9.43. The van der Waals surface area contributed by atoms with E-state index in [-0.39, 0.29) is 36.0 Å². The molecule has 0 saturated carbocycles. The van der Waals surface area contributed by atoms with Crippen LogP contribution in [-0.2, 0) is 15.0 Å². The predicted octanol–water partition coefficient (Wildman–Crippen LogP) is 4.23. The molecular weight excluding hydrogens is 461 g/mol. The fraction of sp³-hybridized carbons (Fsp3) is 0.370. The van der Waals surface area contributed by atoms with Crippen LogP contribution in [0.15, 0.2) is 42.5 Å². The molecule has 4 rings (SSSR count). The van der Waals surface area contributed by atoms with E-state index in [2.05, 4.69) is 15.0 Å². The van der Waals surface area contributed by atoms with E-state index in [0.717, 1.165) is 11.6 Å². The largest absolute Gasteiger partial charge is 0.330 e. The SMILES string of the molecule is [C-]#[N+]c1ccc(C(=O)N(C)[C@@H](CC(C)C)C(=O)N2C[C@]3(C[C@H]2[N+]#[C-])C(=O)Nc2ccccc23)cc1F. The Morgan fingerprint density at radius 3 is 2.61 bits per heavy atom. The molecule has 2 aromatic rings. The maximum absolute atomic E-state index is 14.2. The summed E-state index contributed by atoms with van der Waals surface area (Å²) in [5.41, 5.74) is 0.246. The molecule has 1 fully saturated rings. The lowest BCUT2D eigenvalue weighted by molar-refractivity contribution is -0.136. The molecule has 1 N–H and O–H groups in total. The van der Waals surface area contributed by atoms with Crippen molar-refractivity contribution in [2.45, 2.75) is 44.3 Å². The highest BCUT2D eigenvalue weighted by Crippen LogP contribution is 2.47. The number of hydrogen-bond donors (Lipinski definition) is 1. The van der Waals surface area contributed by atoms with Gasteiger partial charge in [0, 0.05) is 24.8 Å². The summed E-state index contributed by atoms with van der Waals surface area (Å²) in [5.74, 6) is -2.01. The zero-order chi connectivity index (χ0) is 26.2. The molecule has 2 aromatic carbocycles. The van der Waals surface area contributed by atoms with Gasteiger partial charge < -0.3 is 10.2 Å². The van der Waals surface area contributed by atoms with Crippen molar-refractivity contribution in [3.63, 3.8) is 0 Å². The molecule has 1 spiro atoms. The van der Waals surface area contributed by atoms with Gasteiger partial charge in [0.05, 0.1) is 13.0 Å². The number of rotatable bonds is 5. The fourth-order valence-electron chi connectivity index (χ4n) is 5.09. The van der Waals surface area contributed by atoms with Crippen LogP contribution in [0, 0.1) is 24.9 Å². The van der Waals surface area contributed by atoms with E-state index >= 15 is 0 Å². The minimum Gasteiger partial charge on any atom is -0.330 e.